The lowest BCUT2D eigenvalue weighted by Gasteiger charge is -2.40. The molecule has 0 N–H and O–H groups in total. The molecular formula is C15H22N2O4S. The SMILES string of the molecule is CC1COCC(CC(=O)c2cscn2)N1C(=O)OC(C)(C)C. The predicted molar refractivity (Wildman–Crippen MR) is 83.2 cm³/mol. The Morgan fingerprint density at radius 1 is 1.45 bits per heavy atom. The van der Waals surface area contributed by atoms with E-state index in [0.717, 1.165) is 0 Å². The van der Waals surface area contributed by atoms with Crippen LogP contribution in [0.4, 0.5) is 4.79 Å². The largest absolute Gasteiger partial charge is 0.444 e. The van der Waals surface area contributed by atoms with E-state index < -0.39 is 11.7 Å². The van der Waals surface area contributed by atoms with Gasteiger partial charge in [0.05, 0.1) is 30.8 Å². The van der Waals surface area contributed by atoms with Crippen molar-refractivity contribution in [2.75, 3.05) is 13.2 Å². The first-order valence-corrected chi connectivity index (χ1v) is 8.22. The first-order valence-electron chi connectivity index (χ1n) is 7.28. The molecule has 1 aliphatic rings. The van der Waals surface area contributed by atoms with Crippen molar-refractivity contribution < 1.29 is 19.1 Å². The number of thiazole rings is 1. The lowest BCUT2D eigenvalue weighted by molar-refractivity contribution is -0.0558. The second-order valence-electron chi connectivity index (χ2n) is 6.43. The Morgan fingerprint density at radius 3 is 2.77 bits per heavy atom. The molecule has 1 aromatic rings. The van der Waals surface area contributed by atoms with E-state index in [2.05, 4.69) is 4.98 Å². The smallest absolute Gasteiger partial charge is 0.410 e. The van der Waals surface area contributed by atoms with E-state index in [1.165, 1.54) is 11.3 Å². The fourth-order valence-corrected chi connectivity index (χ4v) is 2.92. The van der Waals surface area contributed by atoms with Crippen molar-refractivity contribution in [3.8, 4) is 0 Å². The summed E-state index contributed by atoms with van der Waals surface area (Å²) in [6.45, 7) is 8.14. The minimum Gasteiger partial charge on any atom is -0.444 e. The Balaban J connectivity index is 2.09. The summed E-state index contributed by atoms with van der Waals surface area (Å²) in [7, 11) is 0. The van der Waals surface area contributed by atoms with Gasteiger partial charge in [-0.05, 0) is 27.7 Å². The van der Waals surface area contributed by atoms with Crippen molar-refractivity contribution in [2.45, 2.75) is 51.8 Å². The van der Waals surface area contributed by atoms with Crippen LogP contribution in [0.15, 0.2) is 10.9 Å². The summed E-state index contributed by atoms with van der Waals surface area (Å²) in [5, 5.41) is 1.72. The lowest BCUT2D eigenvalue weighted by Crippen LogP contribution is -2.55. The standard InChI is InChI=1S/C15H22N2O4S/c1-10-6-20-7-11(5-13(18)12-8-22-9-16-12)17(10)14(19)21-15(2,3)4/h8-11H,5-7H2,1-4H3. The molecule has 2 atom stereocenters. The van der Waals surface area contributed by atoms with E-state index in [0.29, 0.717) is 18.9 Å². The highest BCUT2D eigenvalue weighted by atomic mass is 32.1. The number of Topliss-reactive ketones (excluding diaryl/α,β-unsaturated/α-hetero) is 1. The van der Waals surface area contributed by atoms with Crippen LogP contribution in [0.3, 0.4) is 0 Å². The maximum atomic E-state index is 12.4. The molecule has 1 fully saturated rings. The molecule has 1 saturated heterocycles. The third-order valence-electron chi connectivity index (χ3n) is 3.28. The third-order valence-corrected chi connectivity index (χ3v) is 3.87. The summed E-state index contributed by atoms with van der Waals surface area (Å²) in [4.78, 5) is 30.3. The molecule has 1 aromatic heterocycles. The quantitative estimate of drug-likeness (QED) is 0.799. The fraction of sp³-hybridized carbons (Fsp3) is 0.667. The number of nitrogens with zero attached hydrogens (tertiary/aromatic N) is 2. The van der Waals surface area contributed by atoms with Crippen LogP contribution in [-0.4, -0.2) is 52.7 Å². The summed E-state index contributed by atoms with van der Waals surface area (Å²) in [5.74, 6) is -0.0856. The number of carbonyl (C=O) groups is 2. The van der Waals surface area contributed by atoms with Gasteiger partial charge in [-0.25, -0.2) is 9.78 Å². The zero-order valence-electron chi connectivity index (χ0n) is 13.4. The topological polar surface area (TPSA) is 68.7 Å². The minimum atomic E-state index is -0.571. The lowest BCUT2D eigenvalue weighted by atomic mass is 10.0. The maximum Gasteiger partial charge on any atom is 0.410 e. The fourth-order valence-electron chi connectivity index (χ4n) is 2.36. The molecule has 0 saturated carbocycles. The molecule has 2 rings (SSSR count). The molecule has 7 heteroatoms. The molecule has 0 aliphatic carbocycles. The van der Waals surface area contributed by atoms with E-state index in [-0.39, 0.29) is 24.3 Å². The minimum absolute atomic E-state index is 0.0856. The number of aromatic nitrogens is 1. The number of carbonyl (C=O) groups excluding carboxylic acids is 2. The monoisotopic (exact) mass is 326 g/mol. The second-order valence-corrected chi connectivity index (χ2v) is 7.15. The Labute approximate surface area is 134 Å². The van der Waals surface area contributed by atoms with Gasteiger partial charge in [-0.15, -0.1) is 11.3 Å². The number of ketones is 1. The molecule has 0 radical (unpaired) electrons. The van der Waals surface area contributed by atoms with Crippen LogP contribution in [0.25, 0.3) is 0 Å². The van der Waals surface area contributed by atoms with Crippen LogP contribution in [0.2, 0.25) is 0 Å². The van der Waals surface area contributed by atoms with Gasteiger partial charge in [-0.1, -0.05) is 0 Å². The molecule has 2 unspecified atom stereocenters. The van der Waals surface area contributed by atoms with E-state index in [9.17, 15) is 9.59 Å². The van der Waals surface area contributed by atoms with Gasteiger partial charge in [0, 0.05) is 11.8 Å². The van der Waals surface area contributed by atoms with Crippen LogP contribution in [0.1, 0.15) is 44.6 Å². The van der Waals surface area contributed by atoms with Gasteiger partial charge in [-0.3, -0.25) is 9.69 Å². The van der Waals surface area contributed by atoms with Gasteiger partial charge in [0.15, 0.2) is 5.78 Å². The molecule has 0 bridgehead atoms. The second kappa shape index (κ2) is 6.75. The highest BCUT2D eigenvalue weighted by Gasteiger charge is 2.36. The molecule has 1 amide bonds. The van der Waals surface area contributed by atoms with Gasteiger partial charge in [0.2, 0.25) is 0 Å². The van der Waals surface area contributed by atoms with Crippen LogP contribution in [0.5, 0.6) is 0 Å². The summed E-state index contributed by atoms with van der Waals surface area (Å²) in [6.07, 6.45) is -0.216. The average Bonchev–Trinajstić information content (AvgIpc) is 2.90. The van der Waals surface area contributed by atoms with E-state index in [4.69, 9.17) is 9.47 Å². The molecule has 0 aromatic carbocycles. The Morgan fingerprint density at radius 2 is 2.18 bits per heavy atom. The molecule has 1 aliphatic heterocycles. The van der Waals surface area contributed by atoms with Crippen LogP contribution >= 0.6 is 11.3 Å². The van der Waals surface area contributed by atoms with E-state index >= 15 is 0 Å². The molecule has 22 heavy (non-hydrogen) atoms. The first kappa shape index (κ1) is 16.9. The summed E-state index contributed by atoms with van der Waals surface area (Å²) >= 11 is 1.38. The number of rotatable bonds is 3. The molecule has 2 heterocycles. The van der Waals surface area contributed by atoms with E-state index in [1.54, 1.807) is 15.8 Å². The summed E-state index contributed by atoms with van der Waals surface area (Å²) in [6, 6.07) is -0.454. The zero-order valence-corrected chi connectivity index (χ0v) is 14.2. The Bertz CT molecular complexity index is 524. The third kappa shape index (κ3) is 4.27. The maximum absolute atomic E-state index is 12.4. The van der Waals surface area contributed by atoms with Gasteiger partial charge in [0.1, 0.15) is 11.3 Å². The van der Waals surface area contributed by atoms with Crippen LogP contribution in [-0.2, 0) is 9.47 Å². The van der Waals surface area contributed by atoms with Crippen molar-refractivity contribution in [1.29, 1.82) is 0 Å². The number of morpholine rings is 1. The highest BCUT2D eigenvalue weighted by Crippen LogP contribution is 2.21. The van der Waals surface area contributed by atoms with Crippen molar-refractivity contribution in [1.82, 2.24) is 9.88 Å². The van der Waals surface area contributed by atoms with Gasteiger partial charge >= 0.3 is 6.09 Å². The molecule has 0 spiro atoms. The highest BCUT2D eigenvalue weighted by molar-refractivity contribution is 7.07. The molecule has 6 nitrogen and oxygen atoms in total. The number of hydrogen-bond acceptors (Lipinski definition) is 6. The summed E-state index contributed by atoms with van der Waals surface area (Å²) < 4.78 is 11.0. The number of ether oxygens (including phenoxy) is 2. The van der Waals surface area contributed by atoms with E-state index in [1.807, 2.05) is 27.7 Å². The summed E-state index contributed by atoms with van der Waals surface area (Å²) in [5.41, 5.74) is 1.49. The van der Waals surface area contributed by atoms with Crippen LogP contribution in [0, 0.1) is 0 Å². The van der Waals surface area contributed by atoms with Gasteiger partial charge < -0.3 is 9.47 Å². The van der Waals surface area contributed by atoms with Crippen LogP contribution < -0.4 is 0 Å². The Kier molecular flexibility index (Phi) is 5.18. The molecule has 122 valence electrons. The molecular weight excluding hydrogens is 304 g/mol. The zero-order chi connectivity index (χ0) is 16.3. The predicted octanol–water partition coefficient (Wildman–Crippen LogP) is 2.74. The van der Waals surface area contributed by atoms with Gasteiger partial charge in [-0.2, -0.15) is 0 Å². The first-order chi connectivity index (χ1) is 10.3. The average molecular weight is 326 g/mol. The number of amides is 1. The van der Waals surface area contributed by atoms with Crippen molar-refractivity contribution >= 4 is 23.2 Å². The normalized spacial score (nSPS) is 22.5. The Hall–Kier alpha value is -1.47. The van der Waals surface area contributed by atoms with Crippen molar-refractivity contribution in [3.05, 3.63) is 16.6 Å². The van der Waals surface area contributed by atoms with Crippen molar-refractivity contribution in [3.63, 3.8) is 0 Å². The number of hydrogen-bond donors (Lipinski definition) is 0. The van der Waals surface area contributed by atoms with Crippen molar-refractivity contribution in [2.24, 2.45) is 0 Å². The van der Waals surface area contributed by atoms with Gasteiger partial charge in [0.25, 0.3) is 0 Å².